The van der Waals surface area contributed by atoms with Crippen LogP contribution in [0.5, 0.6) is 0 Å². The number of nitrogens with zero attached hydrogens (tertiary/aromatic N) is 4. The lowest BCUT2D eigenvalue weighted by atomic mass is 9.96. The third-order valence-electron chi connectivity index (χ3n) is 7.68. The molecule has 0 spiro atoms. The summed E-state index contributed by atoms with van der Waals surface area (Å²) >= 11 is 0. The highest BCUT2D eigenvalue weighted by atomic mass is 19.1. The van der Waals surface area contributed by atoms with Crippen LogP contribution in [0.15, 0.2) is 54.9 Å². The standard InChI is InChI=1S/C31H32FN5/c1-18(2)22-15-26(32)31(34-16-22)36-14-12-27-25(17-36)30(24-10-9-19(3)28-23(24)11-13-33-28)37(35-27)29-20(4)7-6-8-21(29)5/h6-11,13,15-16,18,33H,12,14,17H2,1-5H3. The highest BCUT2D eigenvalue weighted by Crippen LogP contribution is 2.39. The largest absolute Gasteiger partial charge is 0.361 e. The van der Waals surface area contributed by atoms with Crippen LogP contribution in [-0.2, 0) is 13.0 Å². The Labute approximate surface area is 217 Å². The number of aryl methyl sites for hydroxylation is 3. The second kappa shape index (κ2) is 8.87. The van der Waals surface area contributed by atoms with Gasteiger partial charge in [0.2, 0.25) is 0 Å². The minimum atomic E-state index is -0.262. The highest BCUT2D eigenvalue weighted by Gasteiger charge is 2.30. The van der Waals surface area contributed by atoms with Crippen LogP contribution >= 0.6 is 0 Å². The number of aromatic amines is 1. The number of nitrogens with one attached hydrogen (secondary N) is 1. The Morgan fingerprint density at radius 1 is 1.00 bits per heavy atom. The predicted molar refractivity (Wildman–Crippen MR) is 148 cm³/mol. The van der Waals surface area contributed by atoms with Gasteiger partial charge in [-0.15, -0.1) is 0 Å². The van der Waals surface area contributed by atoms with Crippen molar-refractivity contribution < 1.29 is 4.39 Å². The maximum atomic E-state index is 15.3. The number of H-pyrrole nitrogens is 1. The van der Waals surface area contributed by atoms with E-state index in [2.05, 4.69) is 90.6 Å². The van der Waals surface area contributed by atoms with E-state index in [4.69, 9.17) is 5.10 Å². The fourth-order valence-corrected chi connectivity index (χ4v) is 5.63. The molecule has 6 rings (SSSR count). The van der Waals surface area contributed by atoms with Crippen LogP contribution in [0.1, 0.15) is 53.3 Å². The fourth-order valence-electron chi connectivity index (χ4n) is 5.63. The lowest BCUT2D eigenvalue weighted by molar-refractivity contribution is 0.595. The number of anilines is 1. The van der Waals surface area contributed by atoms with E-state index in [9.17, 15) is 0 Å². The molecule has 1 N–H and O–H groups in total. The summed E-state index contributed by atoms with van der Waals surface area (Å²) in [5.74, 6) is 0.384. The topological polar surface area (TPSA) is 49.7 Å². The molecule has 0 fully saturated rings. The number of fused-ring (bicyclic) bond motifs is 2. The summed E-state index contributed by atoms with van der Waals surface area (Å²) in [6.45, 7) is 11.7. The number of hydrogen-bond acceptors (Lipinski definition) is 3. The summed E-state index contributed by atoms with van der Waals surface area (Å²) < 4.78 is 17.4. The lowest BCUT2D eigenvalue weighted by Crippen LogP contribution is -2.31. The zero-order valence-electron chi connectivity index (χ0n) is 22.1. The van der Waals surface area contributed by atoms with Gasteiger partial charge in [-0.2, -0.15) is 5.10 Å². The first-order valence-electron chi connectivity index (χ1n) is 13.0. The van der Waals surface area contributed by atoms with Gasteiger partial charge in [-0.3, -0.25) is 0 Å². The van der Waals surface area contributed by atoms with Crippen molar-refractivity contribution in [3.05, 3.63) is 94.2 Å². The van der Waals surface area contributed by atoms with Crippen molar-refractivity contribution in [3.8, 4) is 16.9 Å². The van der Waals surface area contributed by atoms with Gasteiger partial charge in [0.25, 0.3) is 0 Å². The second-order valence-electron chi connectivity index (χ2n) is 10.5. The van der Waals surface area contributed by atoms with Crippen LogP contribution in [0.25, 0.3) is 27.8 Å². The summed E-state index contributed by atoms with van der Waals surface area (Å²) in [7, 11) is 0. The van der Waals surface area contributed by atoms with Gasteiger partial charge in [-0.25, -0.2) is 14.1 Å². The Morgan fingerprint density at radius 3 is 2.51 bits per heavy atom. The highest BCUT2D eigenvalue weighted by molar-refractivity contribution is 5.97. The molecule has 0 atom stereocenters. The smallest absolute Gasteiger partial charge is 0.165 e. The van der Waals surface area contributed by atoms with Crippen molar-refractivity contribution >= 4 is 16.7 Å². The van der Waals surface area contributed by atoms with E-state index in [0.717, 1.165) is 51.1 Å². The minimum Gasteiger partial charge on any atom is -0.361 e. The number of para-hydroxylation sites is 1. The average molecular weight is 494 g/mol. The molecular formula is C31H32FN5. The van der Waals surface area contributed by atoms with E-state index in [1.807, 2.05) is 12.4 Å². The molecule has 0 saturated carbocycles. The zero-order valence-corrected chi connectivity index (χ0v) is 22.1. The maximum absolute atomic E-state index is 15.3. The van der Waals surface area contributed by atoms with Crippen LogP contribution in [0, 0.1) is 26.6 Å². The molecule has 0 saturated heterocycles. The first kappa shape index (κ1) is 23.5. The summed E-state index contributed by atoms with van der Waals surface area (Å²) in [5, 5.41) is 6.35. The number of rotatable bonds is 4. The van der Waals surface area contributed by atoms with Gasteiger partial charge in [0.05, 0.1) is 17.1 Å². The molecule has 6 heteroatoms. The van der Waals surface area contributed by atoms with Crippen molar-refractivity contribution in [2.24, 2.45) is 0 Å². The van der Waals surface area contributed by atoms with Gasteiger partial charge in [-0.1, -0.05) is 44.2 Å². The van der Waals surface area contributed by atoms with Gasteiger partial charge in [0.1, 0.15) is 0 Å². The van der Waals surface area contributed by atoms with Crippen LogP contribution in [-0.4, -0.2) is 26.3 Å². The Hall–Kier alpha value is -3.93. The fraction of sp³-hybridized carbons (Fsp3) is 0.290. The molecule has 5 nitrogen and oxygen atoms in total. The average Bonchev–Trinajstić information content (AvgIpc) is 3.50. The van der Waals surface area contributed by atoms with E-state index in [0.29, 0.717) is 18.9 Å². The molecule has 0 amide bonds. The van der Waals surface area contributed by atoms with Crippen LogP contribution in [0.3, 0.4) is 0 Å². The van der Waals surface area contributed by atoms with Gasteiger partial charge >= 0.3 is 0 Å². The number of pyridine rings is 1. The van der Waals surface area contributed by atoms with E-state index in [1.54, 1.807) is 6.07 Å². The Morgan fingerprint density at radius 2 is 1.78 bits per heavy atom. The summed E-state index contributed by atoms with van der Waals surface area (Å²) in [5.41, 5.74) is 11.1. The summed E-state index contributed by atoms with van der Waals surface area (Å²) in [6, 6.07) is 14.5. The second-order valence-corrected chi connectivity index (χ2v) is 10.5. The molecule has 4 heterocycles. The third-order valence-corrected chi connectivity index (χ3v) is 7.68. The number of benzene rings is 2. The van der Waals surface area contributed by atoms with Crippen molar-refractivity contribution in [3.63, 3.8) is 0 Å². The third kappa shape index (κ3) is 3.82. The molecule has 188 valence electrons. The summed E-state index contributed by atoms with van der Waals surface area (Å²) in [4.78, 5) is 10.0. The SMILES string of the molecule is Cc1cccc(C)c1-n1nc2c(c1-c1ccc(C)c3[nH]ccc13)CN(c1ncc(C(C)C)cc1F)CC2. The molecule has 0 unspecified atom stereocenters. The van der Waals surface area contributed by atoms with E-state index in [1.165, 1.54) is 16.7 Å². The van der Waals surface area contributed by atoms with Gasteiger partial charge in [-0.05, 0) is 61.1 Å². The Bertz CT molecular complexity index is 1620. The first-order chi connectivity index (χ1) is 17.8. The zero-order chi connectivity index (χ0) is 25.8. The predicted octanol–water partition coefficient (Wildman–Crippen LogP) is 7.17. The van der Waals surface area contributed by atoms with Crippen LogP contribution in [0.2, 0.25) is 0 Å². The van der Waals surface area contributed by atoms with Crippen LogP contribution < -0.4 is 4.90 Å². The summed E-state index contributed by atoms with van der Waals surface area (Å²) in [6.07, 6.45) is 4.54. The van der Waals surface area contributed by atoms with Crippen molar-refractivity contribution in [2.45, 2.75) is 53.5 Å². The molecule has 5 aromatic rings. The van der Waals surface area contributed by atoms with Gasteiger partial charge in [0, 0.05) is 53.9 Å². The quantitative estimate of drug-likeness (QED) is 0.289. The molecule has 0 aliphatic carbocycles. The number of hydrogen-bond donors (Lipinski definition) is 1. The van der Waals surface area contributed by atoms with E-state index < -0.39 is 0 Å². The van der Waals surface area contributed by atoms with Gasteiger partial charge in [0.15, 0.2) is 11.6 Å². The lowest BCUT2D eigenvalue weighted by Gasteiger charge is -2.28. The minimum absolute atomic E-state index is 0.233. The Kier molecular flexibility index (Phi) is 5.63. The molecule has 1 aliphatic heterocycles. The molecular weight excluding hydrogens is 461 g/mol. The molecule has 0 bridgehead atoms. The molecule has 1 aliphatic rings. The van der Waals surface area contributed by atoms with Gasteiger partial charge < -0.3 is 9.88 Å². The van der Waals surface area contributed by atoms with Crippen molar-refractivity contribution in [1.82, 2.24) is 19.7 Å². The Balaban J connectivity index is 1.56. The number of halogens is 1. The van der Waals surface area contributed by atoms with E-state index >= 15 is 4.39 Å². The molecule has 2 aromatic carbocycles. The van der Waals surface area contributed by atoms with Crippen molar-refractivity contribution in [1.29, 1.82) is 0 Å². The normalized spacial score (nSPS) is 13.5. The van der Waals surface area contributed by atoms with Crippen LogP contribution in [0.4, 0.5) is 10.2 Å². The number of aromatic nitrogens is 4. The van der Waals surface area contributed by atoms with Crippen molar-refractivity contribution in [2.75, 3.05) is 11.4 Å². The first-order valence-corrected chi connectivity index (χ1v) is 13.0. The molecule has 3 aromatic heterocycles. The molecule has 37 heavy (non-hydrogen) atoms. The van der Waals surface area contributed by atoms with E-state index in [-0.39, 0.29) is 11.7 Å². The monoisotopic (exact) mass is 493 g/mol. The molecule has 0 radical (unpaired) electrons. The maximum Gasteiger partial charge on any atom is 0.165 e.